The molecule has 3 N–H and O–H groups in total. The minimum atomic E-state index is -1.10. The fraction of sp³-hybridized carbons (Fsp3) is 0.364. The van der Waals surface area contributed by atoms with E-state index in [4.69, 9.17) is 5.73 Å². The number of nitrogen functional groups attached to an aromatic ring is 1. The van der Waals surface area contributed by atoms with Crippen molar-refractivity contribution in [2.45, 2.75) is 19.4 Å². The molecule has 0 heterocycles. The topological polar surface area (TPSA) is 72.5 Å². The molecular weight excluding hydrogens is 194 g/mol. The Morgan fingerprint density at radius 2 is 2.07 bits per heavy atom. The average Bonchev–Trinajstić information content (AvgIpc) is 2.22. The lowest BCUT2D eigenvalue weighted by Gasteiger charge is -2.09. The predicted octanol–water partition coefficient (Wildman–Crippen LogP) is 0.735. The van der Waals surface area contributed by atoms with Crippen molar-refractivity contribution in [2.75, 3.05) is 12.3 Å². The summed E-state index contributed by atoms with van der Waals surface area (Å²) in [6.07, 6.45) is -0.854. The number of benzene rings is 1. The van der Waals surface area contributed by atoms with Gasteiger partial charge in [0.05, 0.1) is 6.61 Å². The van der Waals surface area contributed by atoms with E-state index >= 15 is 0 Å². The minimum absolute atomic E-state index is 0.249. The van der Waals surface area contributed by atoms with Gasteiger partial charge in [-0.2, -0.15) is 0 Å². The maximum atomic E-state index is 11.1. The van der Waals surface area contributed by atoms with Crippen molar-refractivity contribution in [2.24, 2.45) is 0 Å². The molecule has 0 aromatic heterocycles. The van der Waals surface area contributed by atoms with Crippen molar-refractivity contribution in [1.82, 2.24) is 0 Å². The molecule has 0 unspecified atom stereocenters. The number of ether oxygens (including phenoxy) is 1. The second-order valence-corrected chi connectivity index (χ2v) is 3.21. The Morgan fingerprint density at radius 3 is 2.60 bits per heavy atom. The molecule has 4 nitrogen and oxygen atoms in total. The van der Waals surface area contributed by atoms with E-state index in [1.807, 2.05) is 0 Å². The molecule has 0 saturated heterocycles. The number of esters is 1. The summed E-state index contributed by atoms with van der Waals surface area (Å²) >= 11 is 0. The van der Waals surface area contributed by atoms with Gasteiger partial charge in [0.1, 0.15) is 0 Å². The zero-order valence-corrected chi connectivity index (χ0v) is 8.64. The lowest BCUT2D eigenvalue weighted by molar-refractivity contribution is -0.152. The van der Waals surface area contributed by atoms with E-state index in [0.717, 1.165) is 5.56 Å². The summed E-state index contributed by atoms with van der Waals surface area (Å²) in [6, 6.07) is 7.01. The number of rotatable bonds is 4. The van der Waals surface area contributed by atoms with Gasteiger partial charge in [0.15, 0.2) is 6.10 Å². The summed E-state index contributed by atoms with van der Waals surface area (Å²) in [6.45, 7) is 1.98. The Labute approximate surface area is 88.7 Å². The standard InChI is InChI=1S/C11H15NO3/c1-2-15-11(14)10(13)7-8-3-5-9(12)6-4-8/h3-6,10,13H,2,7,12H2,1H3/t10-/m0/s1. The van der Waals surface area contributed by atoms with Crippen molar-refractivity contribution in [3.8, 4) is 0 Å². The van der Waals surface area contributed by atoms with Gasteiger partial charge in [-0.3, -0.25) is 0 Å². The van der Waals surface area contributed by atoms with E-state index in [0.29, 0.717) is 5.69 Å². The number of aliphatic hydroxyl groups excluding tert-OH is 1. The normalized spacial score (nSPS) is 12.1. The summed E-state index contributed by atoms with van der Waals surface area (Å²) in [5.41, 5.74) is 7.02. The molecule has 0 saturated carbocycles. The molecule has 1 aromatic carbocycles. The molecule has 0 aliphatic rings. The van der Waals surface area contributed by atoms with Gasteiger partial charge in [-0.1, -0.05) is 12.1 Å². The molecule has 0 aliphatic carbocycles. The van der Waals surface area contributed by atoms with Crippen LogP contribution in [-0.2, 0) is 16.0 Å². The maximum absolute atomic E-state index is 11.1. The van der Waals surface area contributed by atoms with Crippen molar-refractivity contribution in [3.63, 3.8) is 0 Å². The second-order valence-electron chi connectivity index (χ2n) is 3.21. The first-order valence-electron chi connectivity index (χ1n) is 4.82. The first-order valence-corrected chi connectivity index (χ1v) is 4.82. The van der Waals surface area contributed by atoms with Gasteiger partial charge in [0.2, 0.25) is 0 Å². The number of carbonyl (C=O) groups is 1. The van der Waals surface area contributed by atoms with Crippen LogP contribution in [-0.4, -0.2) is 23.8 Å². The Bertz CT molecular complexity index is 321. The van der Waals surface area contributed by atoms with Gasteiger partial charge in [-0.25, -0.2) is 4.79 Å². The Balaban J connectivity index is 2.54. The van der Waals surface area contributed by atoms with Crippen LogP contribution < -0.4 is 5.73 Å². The molecule has 0 bridgehead atoms. The fourth-order valence-corrected chi connectivity index (χ4v) is 1.20. The van der Waals surface area contributed by atoms with Crippen LogP contribution in [0.4, 0.5) is 5.69 Å². The summed E-state index contributed by atoms with van der Waals surface area (Å²) in [5.74, 6) is -0.589. The number of nitrogens with two attached hydrogens (primary N) is 1. The Hall–Kier alpha value is -1.55. The van der Waals surface area contributed by atoms with Crippen LogP contribution in [0.3, 0.4) is 0 Å². The minimum Gasteiger partial charge on any atom is -0.464 e. The van der Waals surface area contributed by atoms with Crippen molar-refractivity contribution < 1.29 is 14.6 Å². The van der Waals surface area contributed by atoms with Crippen molar-refractivity contribution in [1.29, 1.82) is 0 Å². The predicted molar refractivity (Wildman–Crippen MR) is 57.2 cm³/mol. The first-order chi connectivity index (χ1) is 7.13. The zero-order valence-electron chi connectivity index (χ0n) is 8.64. The quantitative estimate of drug-likeness (QED) is 0.566. The lowest BCUT2D eigenvalue weighted by atomic mass is 10.1. The van der Waals surface area contributed by atoms with Gasteiger partial charge in [-0.05, 0) is 24.6 Å². The number of carbonyl (C=O) groups excluding carboxylic acids is 1. The van der Waals surface area contributed by atoms with E-state index in [2.05, 4.69) is 4.74 Å². The molecule has 1 rings (SSSR count). The highest BCUT2D eigenvalue weighted by molar-refractivity contribution is 5.74. The third-order valence-electron chi connectivity index (χ3n) is 1.97. The number of hydrogen-bond acceptors (Lipinski definition) is 4. The Morgan fingerprint density at radius 1 is 1.47 bits per heavy atom. The maximum Gasteiger partial charge on any atom is 0.335 e. The van der Waals surface area contributed by atoms with Crippen molar-refractivity contribution in [3.05, 3.63) is 29.8 Å². The number of hydrogen-bond donors (Lipinski definition) is 2. The third-order valence-corrected chi connectivity index (χ3v) is 1.97. The van der Waals surface area contributed by atoms with Gasteiger partial charge in [0, 0.05) is 12.1 Å². The van der Waals surface area contributed by atoms with E-state index in [9.17, 15) is 9.90 Å². The summed E-state index contributed by atoms with van der Waals surface area (Å²) in [7, 11) is 0. The second kappa shape index (κ2) is 5.36. The van der Waals surface area contributed by atoms with Gasteiger partial charge in [-0.15, -0.1) is 0 Å². The van der Waals surface area contributed by atoms with E-state index in [-0.39, 0.29) is 13.0 Å². The SMILES string of the molecule is CCOC(=O)[C@@H](O)Cc1ccc(N)cc1. The van der Waals surface area contributed by atoms with Gasteiger partial charge < -0.3 is 15.6 Å². The molecule has 0 radical (unpaired) electrons. The monoisotopic (exact) mass is 209 g/mol. The molecule has 15 heavy (non-hydrogen) atoms. The molecule has 82 valence electrons. The first kappa shape index (κ1) is 11.5. The summed E-state index contributed by atoms with van der Waals surface area (Å²) < 4.78 is 4.69. The highest BCUT2D eigenvalue weighted by Gasteiger charge is 2.16. The molecule has 4 heteroatoms. The smallest absolute Gasteiger partial charge is 0.335 e. The van der Waals surface area contributed by atoms with E-state index in [1.165, 1.54) is 0 Å². The largest absolute Gasteiger partial charge is 0.464 e. The molecule has 0 fully saturated rings. The summed E-state index contributed by atoms with van der Waals surface area (Å²) in [4.78, 5) is 11.1. The van der Waals surface area contributed by atoms with Crippen LogP contribution in [0.15, 0.2) is 24.3 Å². The van der Waals surface area contributed by atoms with Crippen LogP contribution in [0.25, 0.3) is 0 Å². The molecule has 1 aromatic rings. The Kier molecular flexibility index (Phi) is 4.12. The molecule has 1 atom stereocenters. The average molecular weight is 209 g/mol. The lowest BCUT2D eigenvalue weighted by Crippen LogP contribution is -2.25. The van der Waals surface area contributed by atoms with E-state index in [1.54, 1.807) is 31.2 Å². The molecular formula is C11H15NO3. The zero-order chi connectivity index (χ0) is 11.3. The van der Waals surface area contributed by atoms with Crippen LogP contribution in [0, 0.1) is 0 Å². The third kappa shape index (κ3) is 3.59. The van der Waals surface area contributed by atoms with Crippen LogP contribution in [0.2, 0.25) is 0 Å². The summed E-state index contributed by atoms with van der Waals surface area (Å²) in [5, 5.41) is 9.47. The van der Waals surface area contributed by atoms with Gasteiger partial charge in [0.25, 0.3) is 0 Å². The van der Waals surface area contributed by atoms with Crippen molar-refractivity contribution >= 4 is 11.7 Å². The molecule has 0 aliphatic heterocycles. The highest BCUT2D eigenvalue weighted by Crippen LogP contribution is 2.08. The van der Waals surface area contributed by atoms with Crippen LogP contribution in [0.1, 0.15) is 12.5 Å². The highest BCUT2D eigenvalue weighted by atomic mass is 16.5. The molecule has 0 spiro atoms. The number of aliphatic hydroxyl groups is 1. The van der Waals surface area contributed by atoms with Gasteiger partial charge >= 0.3 is 5.97 Å². The van der Waals surface area contributed by atoms with Crippen LogP contribution >= 0.6 is 0 Å². The fourth-order valence-electron chi connectivity index (χ4n) is 1.20. The molecule has 0 amide bonds. The number of anilines is 1. The van der Waals surface area contributed by atoms with Crippen LogP contribution in [0.5, 0.6) is 0 Å². The van der Waals surface area contributed by atoms with E-state index < -0.39 is 12.1 Å².